The van der Waals surface area contributed by atoms with Gasteiger partial charge in [-0.1, -0.05) is 6.92 Å². The molecule has 0 amide bonds. The lowest BCUT2D eigenvalue weighted by molar-refractivity contribution is 1.18. The van der Waals surface area contributed by atoms with Crippen LogP contribution in [0.5, 0.6) is 0 Å². The van der Waals surface area contributed by atoms with Crippen LogP contribution in [0.15, 0.2) is 34.6 Å². The Morgan fingerprint density at radius 2 is 2.56 bits per heavy atom. The van der Waals surface area contributed by atoms with E-state index < -0.39 is 0 Å². The summed E-state index contributed by atoms with van der Waals surface area (Å²) in [7, 11) is 0. The molecule has 0 radical (unpaired) electrons. The molecule has 0 aromatic rings. The zero-order chi connectivity index (χ0) is 6.53. The summed E-state index contributed by atoms with van der Waals surface area (Å²) in [6.45, 7) is 2.11. The van der Waals surface area contributed by atoms with Crippen LogP contribution in [0, 0.1) is 0 Å². The maximum atomic E-state index is 3.96. The van der Waals surface area contributed by atoms with Crippen LogP contribution >= 0.6 is 0 Å². The Hall–Kier alpha value is -1.07. The van der Waals surface area contributed by atoms with E-state index in [2.05, 4.69) is 17.6 Å². The van der Waals surface area contributed by atoms with Crippen molar-refractivity contribution < 1.29 is 0 Å². The molecule has 0 fully saturated rings. The summed E-state index contributed by atoms with van der Waals surface area (Å²) in [5, 5.41) is 0. The van der Waals surface area contributed by atoms with Gasteiger partial charge in [-0.15, -0.1) is 5.73 Å². The van der Waals surface area contributed by atoms with Crippen LogP contribution in [0.1, 0.15) is 13.3 Å². The number of hydrogen-bond acceptors (Lipinski definition) is 1. The Balaban J connectivity index is 2.78. The standard InChI is InChI=1S/C8H9N/c1-2-8-5-3-4-6-9-7-8/h3,5-7H,2H2,1H3. The van der Waals surface area contributed by atoms with E-state index in [-0.39, 0.29) is 0 Å². The molecular weight excluding hydrogens is 110 g/mol. The molecule has 1 nitrogen and oxygen atoms in total. The highest BCUT2D eigenvalue weighted by atomic mass is 14.7. The molecule has 0 unspecified atom stereocenters. The molecule has 1 aliphatic rings. The largest absolute Gasteiger partial charge is 0.256 e. The van der Waals surface area contributed by atoms with Crippen LogP contribution in [0.25, 0.3) is 0 Å². The summed E-state index contributed by atoms with van der Waals surface area (Å²) < 4.78 is 0. The fraction of sp³-hybridized carbons (Fsp3) is 0.250. The monoisotopic (exact) mass is 119 g/mol. The Kier molecular flexibility index (Phi) is 2.06. The molecule has 1 rings (SSSR count). The topological polar surface area (TPSA) is 12.4 Å². The molecule has 1 aliphatic heterocycles. The van der Waals surface area contributed by atoms with E-state index in [0.29, 0.717) is 0 Å². The molecule has 1 heteroatoms. The van der Waals surface area contributed by atoms with E-state index in [1.807, 2.05) is 18.4 Å². The van der Waals surface area contributed by atoms with E-state index in [1.54, 1.807) is 6.20 Å². The minimum absolute atomic E-state index is 1.04. The second-order valence-corrected chi connectivity index (χ2v) is 1.84. The Morgan fingerprint density at radius 1 is 1.67 bits per heavy atom. The third-order valence-electron chi connectivity index (χ3n) is 1.19. The van der Waals surface area contributed by atoms with Crippen molar-refractivity contribution in [3.8, 4) is 0 Å². The Morgan fingerprint density at radius 3 is 3.33 bits per heavy atom. The maximum Gasteiger partial charge on any atom is 0.0686 e. The molecule has 0 spiro atoms. The van der Waals surface area contributed by atoms with Gasteiger partial charge in [0.05, 0.1) is 6.20 Å². The average molecular weight is 119 g/mol. The molecule has 0 bridgehead atoms. The number of aliphatic imine (C=N–C) groups is 1. The highest BCUT2D eigenvalue weighted by Crippen LogP contribution is 1.98. The van der Waals surface area contributed by atoms with Gasteiger partial charge in [0.15, 0.2) is 0 Å². The second kappa shape index (κ2) is 3.06. The fourth-order valence-electron chi connectivity index (χ4n) is 0.626. The van der Waals surface area contributed by atoms with Gasteiger partial charge in [-0.2, -0.15) is 0 Å². The first kappa shape index (κ1) is 6.06. The van der Waals surface area contributed by atoms with E-state index in [9.17, 15) is 0 Å². The van der Waals surface area contributed by atoms with Gasteiger partial charge in [-0.3, -0.25) is 4.99 Å². The normalized spacial score (nSPS) is 15.4. The second-order valence-electron chi connectivity index (χ2n) is 1.84. The van der Waals surface area contributed by atoms with Gasteiger partial charge in [0, 0.05) is 6.21 Å². The summed E-state index contributed by atoms with van der Waals surface area (Å²) in [6, 6.07) is 0. The van der Waals surface area contributed by atoms with Crippen molar-refractivity contribution in [3.63, 3.8) is 0 Å². The molecule has 0 N–H and O–H groups in total. The molecular formula is C8H9N. The number of nitrogens with zero attached hydrogens (tertiary/aromatic N) is 1. The molecule has 0 saturated carbocycles. The number of rotatable bonds is 1. The van der Waals surface area contributed by atoms with Gasteiger partial charge < -0.3 is 0 Å². The zero-order valence-electron chi connectivity index (χ0n) is 5.46. The van der Waals surface area contributed by atoms with Crippen molar-refractivity contribution in [3.05, 3.63) is 29.7 Å². The van der Waals surface area contributed by atoms with Gasteiger partial charge in [-0.05, 0) is 24.1 Å². The molecule has 0 aromatic heterocycles. The van der Waals surface area contributed by atoms with Crippen LogP contribution in [0.4, 0.5) is 0 Å². The minimum atomic E-state index is 1.04. The lowest BCUT2D eigenvalue weighted by Crippen LogP contribution is -1.78. The van der Waals surface area contributed by atoms with E-state index in [4.69, 9.17) is 0 Å². The third-order valence-corrected chi connectivity index (χ3v) is 1.19. The zero-order valence-corrected chi connectivity index (χ0v) is 5.46. The van der Waals surface area contributed by atoms with Crippen LogP contribution in [-0.2, 0) is 0 Å². The Labute approximate surface area is 55.1 Å². The van der Waals surface area contributed by atoms with Crippen LogP contribution < -0.4 is 0 Å². The summed E-state index contributed by atoms with van der Waals surface area (Å²) in [5.74, 6) is 0. The highest BCUT2D eigenvalue weighted by molar-refractivity contribution is 5.79. The van der Waals surface area contributed by atoms with Gasteiger partial charge in [0.2, 0.25) is 0 Å². The molecule has 1 heterocycles. The first-order chi connectivity index (χ1) is 4.43. The van der Waals surface area contributed by atoms with Crippen molar-refractivity contribution in [2.45, 2.75) is 13.3 Å². The smallest absolute Gasteiger partial charge is 0.0686 e. The van der Waals surface area contributed by atoms with Crippen molar-refractivity contribution >= 4 is 6.21 Å². The molecule has 0 aliphatic carbocycles. The SMILES string of the molecule is CCC1=CC=C=CN=C1. The summed E-state index contributed by atoms with van der Waals surface area (Å²) >= 11 is 0. The van der Waals surface area contributed by atoms with Crippen LogP contribution in [0.3, 0.4) is 0 Å². The first-order valence-electron chi connectivity index (χ1n) is 3.07. The minimum Gasteiger partial charge on any atom is -0.256 e. The lowest BCUT2D eigenvalue weighted by Gasteiger charge is -1.88. The molecule has 0 aromatic carbocycles. The maximum absolute atomic E-state index is 3.96. The van der Waals surface area contributed by atoms with Crippen molar-refractivity contribution in [2.75, 3.05) is 0 Å². The number of allylic oxidation sites excluding steroid dienone is 3. The fourth-order valence-corrected chi connectivity index (χ4v) is 0.626. The quantitative estimate of drug-likeness (QED) is 0.468. The van der Waals surface area contributed by atoms with Gasteiger partial charge in [-0.25, -0.2) is 0 Å². The van der Waals surface area contributed by atoms with Crippen molar-refractivity contribution in [1.82, 2.24) is 0 Å². The van der Waals surface area contributed by atoms with E-state index in [1.165, 1.54) is 5.57 Å². The highest BCUT2D eigenvalue weighted by Gasteiger charge is 1.85. The summed E-state index contributed by atoms with van der Waals surface area (Å²) in [5.41, 5.74) is 4.13. The molecule has 9 heavy (non-hydrogen) atoms. The van der Waals surface area contributed by atoms with Crippen molar-refractivity contribution in [1.29, 1.82) is 0 Å². The number of hydrogen-bond donors (Lipinski definition) is 0. The van der Waals surface area contributed by atoms with Crippen LogP contribution in [0.2, 0.25) is 0 Å². The predicted octanol–water partition coefficient (Wildman–Crippen LogP) is 2.08. The van der Waals surface area contributed by atoms with Crippen molar-refractivity contribution in [2.24, 2.45) is 4.99 Å². The summed E-state index contributed by atoms with van der Waals surface area (Å²) in [6.07, 6.45) is 8.46. The predicted molar refractivity (Wildman–Crippen MR) is 39.5 cm³/mol. The summed E-state index contributed by atoms with van der Waals surface area (Å²) in [4.78, 5) is 3.96. The molecule has 0 saturated heterocycles. The average Bonchev–Trinajstić information content (AvgIpc) is 2.13. The molecule has 46 valence electrons. The van der Waals surface area contributed by atoms with E-state index >= 15 is 0 Å². The molecule has 0 atom stereocenters. The van der Waals surface area contributed by atoms with Gasteiger partial charge in [0.25, 0.3) is 0 Å². The Bertz CT molecular complexity index is 203. The third kappa shape index (κ3) is 1.71. The van der Waals surface area contributed by atoms with E-state index in [0.717, 1.165) is 6.42 Å². The lowest BCUT2D eigenvalue weighted by atomic mass is 10.2. The van der Waals surface area contributed by atoms with Gasteiger partial charge >= 0.3 is 0 Å². The first-order valence-corrected chi connectivity index (χ1v) is 3.07. The van der Waals surface area contributed by atoms with Crippen LogP contribution in [-0.4, -0.2) is 6.21 Å². The van der Waals surface area contributed by atoms with Gasteiger partial charge in [0.1, 0.15) is 0 Å².